The highest BCUT2D eigenvalue weighted by molar-refractivity contribution is 5.87. The molecule has 204 valence electrons. The summed E-state index contributed by atoms with van der Waals surface area (Å²) in [6, 6.07) is 6.57. The number of benzene rings is 2. The minimum absolute atomic E-state index is 0.110. The molecule has 9 heteroatoms. The van der Waals surface area contributed by atoms with E-state index in [0.29, 0.717) is 66.1 Å². The van der Waals surface area contributed by atoms with Crippen molar-refractivity contribution >= 4 is 11.0 Å². The Morgan fingerprint density at radius 3 is 2.32 bits per heavy atom. The van der Waals surface area contributed by atoms with Crippen LogP contribution in [0.1, 0.15) is 19.4 Å². The van der Waals surface area contributed by atoms with Crippen molar-refractivity contribution in [3.8, 4) is 40.1 Å². The number of hydrogen-bond acceptors (Lipinski definition) is 9. The Labute approximate surface area is 222 Å². The summed E-state index contributed by atoms with van der Waals surface area (Å²) in [6.45, 7) is 8.20. The number of methoxy groups -OCH3 is 3. The van der Waals surface area contributed by atoms with Gasteiger partial charge in [-0.15, -0.1) is 0 Å². The maximum Gasteiger partial charge on any atom is 0.203 e. The second-order valence-electron chi connectivity index (χ2n) is 9.26. The molecule has 2 heterocycles. The van der Waals surface area contributed by atoms with E-state index in [-0.39, 0.29) is 22.1 Å². The normalized spacial score (nSPS) is 13.8. The summed E-state index contributed by atoms with van der Waals surface area (Å²) >= 11 is 0. The number of ether oxygens (including phenoxy) is 5. The molecule has 0 aliphatic carbocycles. The number of morpholine rings is 1. The van der Waals surface area contributed by atoms with Gasteiger partial charge in [-0.05, 0) is 32.4 Å². The molecule has 0 radical (unpaired) electrons. The van der Waals surface area contributed by atoms with Gasteiger partial charge in [0.2, 0.25) is 11.2 Å². The van der Waals surface area contributed by atoms with E-state index in [1.807, 2.05) is 19.9 Å². The van der Waals surface area contributed by atoms with Crippen molar-refractivity contribution in [1.82, 2.24) is 4.90 Å². The van der Waals surface area contributed by atoms with Crippen LogP contribution in [0.4, 0.5) is 0 Å². The summed E-state index contributed by atoms with van der Waals surface area (Å²) in [5, 5.41) is 10.9. The summed E-state index contributed by atoms with van der Waals surface area (Å²) in [5.41, 5.74) is 1.94. The zero-order valence-corrected chi connectivity index (χ0v) is 22.6. The predicted molar refractivity (Wildman–Crippen MR) is 145 cm³/mol. The van der Waals surface area contributed by atoms with E-state index in [4.69, 9.17) is 28.1 Å². The second kappa shape index (κ2) is 12.2. The molecule has 1 fully saturated rings. The molecule has 0 saturated carbocycles. The molecule has 0 bridgehead atoms. The number of rotatable bonds is 10. The van der Waals surface area contributed by atoms with Gasteiger partial charge < -0.3 is 33.2 Å². The van der Waals surface area contributed by atoms with E-state index in [2.05, 4.69) is 4.90 Å². The van der Waals surface area contributed by atoms with Crippen LogP contribution in [0.5, 0.6) is 28.7 Å². The quantitative estimate of drug-likeness (QED) is 0.386. The van der Waals surface area contributed by atoms with Crippen molar-refractivity contribution in [2.45, 2.75) is 20.3 Å². The molecule has 4 rings (SSSR count). The summed E-state index contributed by atoms with van der Waals surface area (Å²) < 4.78 is 34.1. The minimum atomic E-state index is -0.315. The highest BCUT2D eigenvalue weighted by Gasteiger charge is 2.22. The van der Waals surface area contributed by atoms with Gasteiger partial charge in [0, 0.05) is 42.9 Å². The summed E-state index contributed by atoms with van der Waals surface area (Å²) in [5.74, 6) is 1.87. The molecule has 1 aromatic heterocycles. The van der Waals surface area contributed by atoms with Gasteiger partial charge in [-0.25, -0.2) is 0 Å². The molecule has 0 unspecified atom stereocenters. The van der Waals surface area contributed by atoms with Crippen molar-refractivity contribution in [3.05, 3.63) is 51.7 Å². The molecule has 0 atom stereocenters. The highest BCUT2D eigenvalue weighted by atomic mass is 16.5. The third kappa shape index (κ3) is 5.89. The first kappa shape index (κ1) is 27.3. The molecule has 3 aromatic rings. The van der Waals surface area contributed by atoms with Gasteiger partial charge in [-0.3, -0.25) is 9.69 Å². The van der Waals surface area contributed by atoms with Gasteiger partial charge in [0.05, 0.1) is 34.5 Å². The molecule has 2 aromatic carbocycles. The van der Waals surface area contributed by atoms with Crippen LogP contribution in [-0.4, -0.2) is 70.8 Å². The first-order valence-corrected chi connectivity index (χ1v) is 12.6. The van der Waals surface area contributed by atoms with Gasteiger partial charge in [-0.1, -0.05) is 11.6 Å². The topological polar surface area (TPSA) is 99.8 Å². The van der Waals surface area contributed by atoms with E-state index in [1.54, 1.807) is 18.2 Å². The van der Waals surface area contributed by atoms with Crippen LogP contribution in [0, 0.1) is 0 Å². The Balaban J connectivity index is 1.80. The number of phenols is 1. The minimum Gasteiger partial charge on any atom is -0.507 e. The molecule has 38 heavy (non-hydrogen) atoms. The van der Waals surface area contributed by atoms with Crippen molar-refractivity contribution in [1.29, 1.82) is 0 Å². The smallest absolute Gasteiger partial charge is 0.203 e. The first-order valence-electron chi connectivity index (χ1n) is 12.6. The molecule has 0 spiro atoms. The standard InChI is InChI=1S/C29H35NO8/c1-18(2)6-7-21-27(32)26-22(31)16-20(37-13-10-30-8-11-36-12-9-30)17-23(26)38-28(21)19-14-24(33-3)29(35-5)25(15-19)34-4/h6,14-17,31H,7-13H2,1-5H3. The number of hydrogen-bond donors (Lipinski definition) is 1. The third-order valence-corrected chi connectivity index (χ3v) is 6.46. The second-order valence-corrected chi connectivity index (χ2v) is 9.26. The Kier molecular flexibility index (Phi) is 8.81. The zero-order valence-electron chi connectivity index (χ0n) is 22.6. The fraction of sp³-hybridized carbons (Fsp3) is 0.414. The van der Waals surface area contributed by atoms with Crippen LogP contribution >= 0.6 is 0 Å². The molecule has 1 saturated heterocycles. The van der Waals surface area contributed by atoms with E-state index in [0.717, 1.165) is 25.2 Å². The molecular formula is C29H35NO8. The lowest BCUT2D eigenvalue weighted by molar-refractivity contribution is 0.0322. The van der Waals surface area contributed by atoms with E-state index >= 15 is 0 Å². The number of phenolic OH excluding ortho intramolecular Hbond substituents is 1. The average molecular weight is 526 g/mol. The van der Waals surface area contributed by atoms with Crippen molar-refractivity contribution in [3.63, 3.8) is 0 Å². The number of nitrogens with zero attached hydrogens (tertiary/aromatic N) is 1. The molecule has 1 aliphatic rings. The number of fused-ring (bicyclic) bond motifs is 1. The average Bonchev–Trinajstić information content (AvgIpc) is 2.91. The van der Waals surface area contributed by atoms with Crippen LogP contribution in [-0.2, 0) is 11.2 Å². The van der Waals surface area contributed by atoms with Crippen molar-refractivity contribution in [2.75, 3.05) is 60.8 Å². The fourth-order valence-electron chi connectivity index (χ4n) is 4.45. The maximum atomic E-state index is 13.7. The van der Waals surface area contributed by atoms with Crippen molar-refractivity contribution in [2.24, 2.45) is 0 Å². The Morgan fingerprint density at radius 1 is 1.03 bits per heavy atom. The molecule has 1 N–H and O–H groups in total. The number of allylic oxidation sites excluding steroid dienone is 2. The van der Waals surface area contributed by atoms with Crippen LogP contribution in [0.15, 0.2) is 45.1 Å². The lowest BCUT2D eigenvalue weighted by atomic mass is 10.00. The Bertz CT molecular complexity index is 1340. The van der Waals surface area contributed by atoms with E-state index in [9.17, 15) is 9.90 Å². The lowest BCUT2D eigenvalue weighted by Crippen LogP contribution is -2.38. The van der Waals surface area contributed by atoms with Crippen LogP contribution in [0.25, 0.3) is 22.3 Å². The SMILES string of the molecule is COc1cc(-c2oc3cc(OCCN4CCOCC4)cc(O)c3c(=O)c2CC=C(C)C)cc(OC)c1OC. The van der Waals surface area contributed by atoms with Crippen LogP contribution in [0.3, 0.4) is 0 Å². The third-order valence-electron chi connectivity index (χ3n) is 6.46. The molecule has 0 amide bonds. The molecule has 1 aliphatic heterocycles. The monoisotopic (exact) mass is 525 g/mol. The molecular weight excluding hydrogens is 490 g/mol. The van der Waals surface area contributed by atoms with Crippen LogP contribution < -0.4 is 24.4 Å². The predicted octanol–water partition coefficient (Wildman–Crippen LogP) is 4.41. The van der Waals surface area contributed by atoms with Gasteiger partial charge in [0.25, 0.3) is 0 Å². The van der Waals surface area contributed by atoms with Gasteiger partial charge >= 0.3 is 0 Å². The fourth-order valence-corrected chi connectivity index (χ4v) is 4.45. The van der Waals surface area contributed by atoms with Gasteiger partial charge in [0.15, 0.2) is 11.5 Å². The summed E-state index contributed by atoms with van der Waals surface area (Å²) in [7, 11) is 4.58. The summed E-state index contributed by atoms with van der Waals surface area (Å²) in [6.07, 6.45) is 2.27. The van der Waals surface area contributed by atoms with Gasteiger partial charge in [0.1, 0.15) is 34.8 Å². The van der Waals surface area contributed by atoms with Crippen molar-refractivity contribution < 1.29 is 33.2 Å². The lowest BCUT2D eigenvalue weighted by Gasteiger charge is -2.26. The molecule has 9 nitrogen and oxygen atoms in total. The van der Waals surface area contributed by atoms with E-state index in [1.165, 1.54) is 27.4 Å². The maximum absolute atomic E-state index is 13.7. The Morgan fingerprint density at radius 2 is 1.71 bits per heavy atom. The number of aromatic hydroxyl groups is 1. The van der Waals surface area contributed by atoms with Crippen LogP contribution in [0.2, 0.25) is 0 Å². The first-order chi connectivity index (χ1) is 18.4. The largest absolute Gasteiger partial charge is 0.507 e. The van der Waals surface area contributed by atoms with E-state index < -0.39 is 0 Å². The highest BCUT2D eigenvalue weighted by Crippen LogP contribution is 2.42. The van der Waals surface area contributed by atoms with Gasteiger partial charge in [-0.2, -0.15) is 0 Å². The zero-order chi connectivity index (χ0) is 27.2. The summed E-state index contributed by atoms with van der Waals surface area (Å²) in [4.78, 5) is 16.0. The Hall–Kier alpha value is -3.69.